The lowest BCUT2D eigenvalue weighted by atomic mass is 9.95. The van der Waals surface area contributed by atoms with Gasteiger partial charge >= 0.3 is 0 Å². The third-order valence-corrected chi connectivity index (χ3v) is 5.26. The van der Waals surface area contributed by atoms with Crippen LogP contribution in [0.2, 0.25) is 0 Å². The average molecular weight is 408 g/mol. The molecule has 2 aromatic carbocycles. The summed E-state index contributed by atoms with van der Waals surface area (Å²) in [6, 6.07) is 14.1. The number of amides is 1. The molecule has 158 valence electrons. The van der Waals surface area contributed by atoms with Gasteiger partial charge in [0.25, 0.3) is 11.7 Å². The zero-order valence-electron chi connectivity index (χ0n) is 17.9. The summed E-state index contributed by atoms with van der Waals surface area (Å²) in [6.07, 6.45) is 2.56. The highest BCUT2D eigenvalue weighted by Gasteiger charge is 2.45. The molecule has 1 atom stereocenters. The largest absolute Gasteiger partial charge is 0.507 e. The second kappa shape index (κ2) is 9.61. The summed E-state index contributed by atoms with van der Waals surface area (Å²) in [5, 5.41) is 11.0. The van der Waals surface area contributed by atoms with E-state index in [0.717, 1.165) is 30.4 Å². The minimum absolute atomic E-state index is 0.132. The number of ketones is 1. The molecule has 0 aromatic heterocycles. The summed E-state index contributed by atoms with van der Waals surface area (Å²) in [5.41, 5.74) is 2.46. The number of ether oxygens (including phenoxy) is 1. The molecule has 1 saturated heterocycles. The summed E-state index contributed by atoms with van der Waals surface area (Å²) in [4.78, 5) is 27.4. The molecule has 5 nitrogen and oxygen atoms in total. The summed E-state index contributed by atoms with van der Waals surface area (Å²) < 4.78 is 5.75. The lowest BCUT2D eigenvalue weighted by Gasteiger charge is -2.25. The molecule has 1 fully saturated rings. The van der Waals surface area contributed by atoms with Gasteiger partial charge in [-0.1, -0.05) is 62.2 Å². The lowest BCUT2D eigenvalue weighted by Crippen LogP contribution is -2.30. The van der Waals surface area contributed by atoms with E-state index in [1.165, 1.54) is 0 Å². The zero-order valence-corrected chi connectivity index (χ0v) is 17.9. The molecule has 1 aliphatic rings. The second-order valence-electron chi connectivity index (χ2n) is 7.63. The van der Waals surface area contributed by atoms with Crippen molar-refractivity contribution in [3.05, 3.63) is 70.8 Å². The number of aryl methyl sites for hydroxylation is 1. The molecule has 0 spiro atoms. The van der Waals surface area contributed by atoms with Gasteiger partial charge in [0.05, 0.1) is 18.2 Å². The molecule has 1 aliphatic heterocycles. The van der Waals surface area contributed by atoms with Crippen molar-refractivity contribution in [1.82, 2.24) is 4.90 Å². The second-order valence-corrected chi connectivity index (χ2v) is 7.63. The summed E-state index contributed by atoms with van der Waals surface area (Å²) in [5.74, 6) is -0.668. The Morgan fingerprint density at radius 2 is 1.80 bits per heavy atom. The fraction of sp³-hybridized carbons (Fsp3) is 0.360. The number of nitrogens with zero attached hydrogens (tertiary/aromatic N) is 1. The van der Waals surface area contributed by atoms with Gasteiger partial charge in [0.1, 0.15) is 11.5 Å². The first kappa shape index (κ1) is 21.6. The van der Waals surface area contributed by atoms with Crippen molar-refractivity contribution in [1.29, 1.82) is 0 Å². The smallest absolute Gasteiger partial charge is 0.295 e. The Kier molecular flexibility index (Phi) is 6.93. The Morgan fingerprint density at radius 3 is 2.47 bits per heavy atom. The number of hydrogen-bond donors (Lipinski definition) is 1. The van der Waals surface area contributed by atoms with E-state index >= 15 is 0 Å². The molecule has 0 aliphatic carbocycles. The first-order chi connectivity index (χ1) is 14.5. The lowest BCUT2D eigenvalue weighted by molar-refractivity contribution is -0.139. The Labute approximate surface area is 178 Å². The minimum atomic E-state index is -0.644. The Bertz CT molecular complexity index is 946. The van der Waals surface area contributed by atoms with Gasteiger partial charge in [-0.2, -0.15) is 0 Å². The van der Waals surface area contributed by atoms with E-state index in [1.54, 1.807) is 17.0 Å². The van der Waals surface area contributed by atoms with Crippen molar-refractivity contribution in [2.75, 3.05) is 13.2 Å². The Hall–Kier alpha value is -3.08. The highest BCUT2D eigenvalue weighted by atomic mass is 16.5. The van der Waals surface area contributed by atoms with Crippen molar-refractivity contribution >= 4 is 17.4 Å². The normalized spacial score (nSPS) is 18.1. The van der Waals surface area contributed by atoms with Crippen LogP contribution in [-0.4, -0.2) is 34.8 Å². The maximum Gasteiger partial charge on any atom is 0.295 e. The van der Waals surface area contributed by atoms with Crippen LogP contribution in [0.5, 0.6) is 5.75 Å². The number of aliphatic hydroxyl groups is 1. The van der Waals surface area contributed by atoms with Gasteiger partial charge in [0.15, 0.2) is 0 Å². The Balaban J connectivity index is 2.11. The number of likely N-dealkylation sites (tertiary alicyclic amines) is 1. The van der Waals surface area contributed by atoms with Gasteiger partial charge in [-0.25, -0.2) is 0 Å². The number of carbonyl (C=O) groups is 2. The summed E-state index contributed by atoms with van der Waals surface area (Å²) in [6.45, 7) is 7.07. The number of unbranched alkanes of at least 4 members (excludes halogenated alkanes) is 1. The molecule has 3 rings (SSSR count). The van der Waals surface area contributed by atoms with Gasteiger partial charge in [-0.15, -0.1) is 0 Å². The summed E-state index contributed by atoms with van der Waals surface area (Å²) in [7, 11) is 0. The van der Waals surface area contributed by atoms with E-state index in [4.69, 9.17) is 4.74 Å². The molecule has 0 saturated carbocycles. The van der Waals surface area contributed by atoms with E-state index < -0.39 is 17.7 Å². The quantitative estimate of drug-likeness (QED) is 0.380. The van der Waals surface area contributed by atoms with Crippen LogP contribution in [0, 0.1) is 6.92 Å². The van der Waals surface area contributed by atoms with Crippen LogP contribution in [0.3, 0.4) is 0 Å². The van der Waals surface area contributed by atoms with Crippen LogP contribution in [-0.2, 0) is 9.59 Å². The standard InChI is InChI=1S/C25H29NO4/c1-4-6-14-26-22(19-8-7-9-20(16-19)30-15-5-2)21(24(28)25(26)29)23(27)18-12-10-17(3)11-13-18/h7-13,16,22,27H,4-6,14-15H2,1-3H3/b23-21-. The third kappa shape index (κ3) is 4.40. The molecule has 5 heteroatoms. The SMILES string of the molecule is CCCCN1C(=O)C(=O)/C(=C(\O)c2ccc(C)cc2)C1c1cccc(OCCC)c1. The number of aliphatic hydroxyl groups excluding tert-OH is 1. The molecular weight excluding hydrogens is 378 g/mol. The van der Waals surface area contributed by atoms with Crippen LogP contribution in [0.15, 0.2) is 54.1 Å². The predicted octanol–water partition coefficient (Wildman–Crippen LogP) is 5.01. The number of hydrogen-bond acceptors (Lipinski definition) is 4. The van der Waals surface area contributed by atoms with Crippen LogP contribution in [0.1, 0.15) is 55.8 Å². The molecule has 1 heterocycles. The van der Waals surface area contributed by atoms with Crippen LogP contribution >= 0.6 is 0 Å². The number of rotatable bonds is 8. The van der Waals surface area contributed by atoms with Crippen molar-refractivity contribution in [3.63, 3.8) is 0 Å². The van der Waals surface area contributed by atoms with Crippen LogP contribution < -0.4 is 4.74 Å². The molecule has 1 unspecified atom stereocenters. The van der Waals surface area contributed by atoms with E-state index in [9.17, 15) is 14.7 Å². The molecular formula is C25H29NO4. The number of benzene rings is 2. The predicted molar refractivity (Wildman–Crippen MR) is 117 cm³/mol. The van der Waals surface area contributed by atoms with Gasteiger partial charge in [0, 0.05) is 12.1 Å². The molecule has 0 radical (unpaired) electrons. The van der Waals surface area contributed by atoms with E-state index in [0.29, 0.717) is 24.5 Å². The van der Waals surface area contributed by atoms with Gasteiger partial charge in [0.2, 0.25) is 0 Å². The molecule has 30 heavy (non-hydrogen) atoms. The first-order valence-electron chi connectivity index (χ1n) is 10.6. The van der Waals surface area contributed by atoms with Crippen molar-refractivity contribution < 1.29 is 19.4 Å². The van der Waals surface area contributed by atoms with Crippen LogP contribution in [0.4, 0.5) is 0 Å². The number of carbonyl (C=O) groups excluding carboxylic acids is 2. The topological polar surface area (TPSA) is 66.8 Å². The maximum absolute atomic E-state index is 13.0. The number of Topliss-reactive ketones (excluding diaryl/α,β-unsaturated/α-hetero) is 1. The van der Waals surface area contributed by atoms with Crippen molar-refractivity contribution in [2.45, 2.75) is 46.1 Å². The van der Waals surface area contributed by atoms with E-state index in [1.807, 2.05) is 57.2 Å². The highest BCUT2D eigenvalue weighted by Crippen LogP contribution is 2.40. The fourth-order valence-corrected chi connectivity index (χ4v) is 3.65. The minimum Gasteiger partial charge on any atom is -0.507 e. The first-order valence-corrected chi connectivity index (χ1v) is 10.6. The third-order valence-electron chi connectivity index (χ3n) is 5.26. The van der Waals surface area contributed by atoms with E-state index in [-0.39, 0.29) is 11.3 Å². The summed E-state index contributed by atoms with van der Waals surface area (Å²) >= 11 is 0. The molecule has 1 N–H and O–H groups in total. The average Bonchev–Trinajstić information content (AvgIpc) is 3.01. The van der Waals surface area contributed by atoms with Gasteiger partial charge in [-0.3, -0.25) is 9.59 Å². The molecule has 1 amide bonds. The van der Waals surface area contributed by atoms with Crippen LogP contribution in [0.25, 0.3) is 5.76 Å². The Morgan fingerprint density at radius 1 is 1.07 bits per heavy atom. The molecule has 2 aromatic rings. The van der Waals surface area contributed by atoms with Gasteiger partial charge < -0.3 is 14.7 Å². The zero-order chi connectivity index (χ0) is 21.7. The fourth-order valence-electron chi connectivity index (χ4n) is 3.65. The van der Waals surface area contributed by atoms with E-state index in [2.05, 4.69) is 0 Å². The van der Waals surface area contributed by atoms with Crippen molar-refractivity contribution in [3.8, 4) is 5.75 Å². The monoisotopic (exact) mass is 407 g/mol. The van der Waals surface area contributed by atoms with Crippen molar-refractivity contribution in [2.24, 2.45) is 0 Å². The molecule has 0 bridgehead atoms. The van der Waals surface area contributed by atoms with Gasteiger partial charge in [-0.05, 0) is 37.5 Å². The highest BCUT2D eigenvalue weighted by molar-refractivity contribution is 6.46. The maximum atomic E-state index is 13.0.